The van der Waals surface area contributed by atoms with Crippen molar-refractivity contribution in [3.8, 4) is 5.75 Å². The lowest BCUT2D eigenvalue weighted by Gasteiger charge is -2.10. The molecule has 0 saturated heterocycles. The van der Waals surface area contributed by atoms with Gasteiger partial charge < -0.3 is 14.8 Å². The summed E-state index contributed by atoms with van der Waals surface area (Å²) in [6.07, 6.45) is 0. The largest absolute Gasteiger partial charge is 0.489 e. The lowest BCUT2D eigenvalue weighted by atomic mass is 10.1. The van der Waals surface area contributed by atoms with E-state index in [-0.39, 0.29) is 5.91 Å². The van der Waals surface area contributed by atoms with Gasteiger partial charge in [0.1, 0.15) is 12.4 Å². The standard InChI is InChI=1S/C22H18ClNO4/c1-27-22(26)15-9-11-18(12-10-15)24-21(25)16-6-4-7-19(13-16)28-14-17-5-2-3-8-20(17)23/h2-13H,14H2,1H3,(H,24,25). The average Bonchev–Trinajstić information content (AvgIpc) is 2.73. The van der Waals surface area contributed by atoms with Gasteiger partial charge in [0, 0.05) is 21.8 Å². The number of esters is 1. The molecule has 0 aliphatic carbocycles. The molecule has 0 radical (unpaired) electrons. The molecule has 0 unspecified atom stereocenters. The second-order valence-corrected chi connectivity index (χ2v) is 6.34. The van der Waals surface area contributed by atoms with Gasteiger partial charge in [0.2, 0.25) is 0 Å². The van der Waals surface area contributed by atoms with E-state index >= 15 is 0 Å². The van der Waals surface area contributed by atoms with Crippen LogP contribution in [0.1, 0.15) is 26.3 Å². The second-order valence-electron chi connectivity index (χ2n) is 5.93. The maximum atomic E-state index is 12.5. The van der Waals surface area contributed by atoms with Gasteiger partial charge >= 0.3 is 5.97 Å². The Morgan fingerprint density at radius 1 is 0.929 bits per heavy atom. The number of hydrogen-bond acceptors (Lipinski definition) is 4. The third-order valence-corrected chi connectivity index (χ3v) is 4.38. The third kappa shape index (κ3) is 4.90. The summed E-state index contributed by atoms with van der Waals surface area (Å²) in [5.41, 5.74) is 2.30. The van der Waals surface area contributed by atoms with Gasteiger partial charge in [-0.05, 0) is 48.5 Å². The quantitative estimate of drug-likeness (QED) is 0.599. The van der Waals surface area contributed by atoms with Crippen molar-refractivity contribution in [3.05, 3.63) is 94.5 Å². The summed E-state index contributed by atoms with van der Waals surface area (Å²) in [7, 11) is 1.32. The number of ether oxygens (including phenoxy) is 2. The first-order valence-corrected chi connectivity index (χ1v) is 8.90. The average molecular weight is 396 g/mol. The second kappa shape index (κ2) is 9.06. The maximum Gasteiger partial charge on any atom is 0.337 e. The first kappa shape index (κ1) is 19.5. The number of nitrogens with one attached hydrogen (secondary N) is 1. The maximum absolute atomic E-state index is 12.5. The molecule has 3 aromatic carbocycles. The molecule has 0 aliphatic heterocycles. The predicted octanol–water partition coefficient (Wildman–Crippen LogP) is 4.96. The van der Waals surface area contributed by atoms with Crippen LogP contribution in [0.25, 0.3) is 0 Å². The monoisotopic (exact) mass is 395 g/mol. The van der Waals surface area contributed by atoms with Gasteiger partial charge in [-0.15, -0.1) is 0 Å². The smallest absolute Gasteiger partial charge is 0.337 e. The van der Waals surface area contributed by atoms with Crippen molar-refractivity contribution in [2.75, 3.05) is 12.4 Å². The molecule has 0 aliphatic rings. The fourth-order valence-corrected chi connectivity index (χ4v) is 2.70. The molecule has 0 spiro atoms. The Bertz CT molecular complexity index is 986. The summed E-state index contributed by atoms with van der Waals surface area (Å²) in [5.74, 6) is -0.149. The molecule has 0 saturated carbocycles. The minimum atomic E-state index is -0.429. The molecule has 0 heterocycles. The normalized spacial score (nSPS) is 10.2. The third-order valence-electron chi connectivity index (χ3n) is 4.01. The summed E-state index contributed by atoms with van der Waals surface area (Å²) in [6.45, 7) is 0.305. The van der Waals surface area contributed by atoms with Gasteiger partial charge in [-0.25, -0.2) is 4.79 Å². The van der Waals surface area contributed by atoms with Crippen LogP contribution in [0.2, 0.25) is 5.02 Å². The lowest BCUT2D eigenvalue weighted by Crippen LogP contribution is -2.12. The first-order chi connectivity index (χ1) is 13.6. The number of carbonyl (C=O) groups is 2. The van der Waals surface area contributed by atoms with E-state index in [2.05, 4.69) is 10.1 Å². The molecule has 0 atom stereocenters. The van der Waals surface area contributed by atoms with Crippen LogP contribution in [0.15, 0.2) is 72.8 Å². The Morgan fingerprint density at radius 3 is 2.39 bits per heavy atom. The summed E-state index contributed by atoms with van der Waals surface area (Å²) in [6, 6.07) is 20.8. The number of rotatable bonds is 6. The fourth-order valence-electron chi connectivity index (χ4n) is 2.51. The Kier molecular flexibility index (Phi) is 6.29. The van der Waals surface area contributed by atoms with E-state index in [9.17, 15) is 9.59 Å². The van der Waals surface area contributed by atoms with Crippen molar-refractivity contribution < 1.29 is 19.1 Å². The van der Waals surface area contributed by atoms with Gasteiger partial charge in [-0.2, -0.15) is 0 Å². The SMILES string of the molecule is COC(=O)c1ccc(NC(=O)c2cccc(OCc3ccccc3Cl)c2)cc1. The molecular formula is C22H18ClNO4. The summed E-state index contributed by atoms with van der Waals surface area (Å²) >= 11 is 6.13. The highest BCUT2D eigenvalue weighted by molar-refractivity contribution is 6.31. The summed E-state index contributed by atoms with van der Waals surface area (Å²) in [4.78, 5) is 23.9. The van der Waals surface area contributed by atoms with Crippen molar-refractivity contribution >= 4 is 29.2 Å². The van der Waals surface area contributed by atoms with Crippen molar-refractivity contribution in [1.82, 2.24) is 0 Å². The van der Waals surface area contributed by atoms with Crippen LogP contribution in [0.4, 0.5) is 5.69 Å². The van der Waals surface area contributed by atoms with Crippen molar-refractivity contribution in [1.29, 1.82) is 0 Å². The van der Waals surface area contributed by atoms with Gasteiger partial charge in [0.05, 0.1) is 12.7 Å². The highest BCUT2D eigenvalue weighted by Crippen LogP contribution is 2.20. The van der Waals surface area contributed by atoms with Gasteiger partial charge in [-0.3, -0.25) is 4.79 Å². The van der Waals surface area contributed by atoms with E-state index in [4.69, 9.17) is 16.3 Å². The van der Waals surface area contributed by atoms with Crippen LogP contribution >= 0.6 is 11.6 Å². The molecule has 3 aromatic rings. The molecule has 0 aromatic heterocycles. The highest BCUT2D eigenvalue weighted by atomic mass is 35.5. The van der Waals surface area contributed by atoms with Crippen LogP contribution in [0.5, 0.6) is 5.75 Å². The number of anilines is 1. The minimum absolute atomic E-state index is 0.283. The summed E-state index contributed by atoms with van der Waals surface area (Å²) in [5, 5.41) is 3.42. The van der Waals surface area contributed by atoms with E-state index < -0.39 is 5.97 Å². The molecular weight excluding hydrogens is 378 g/mol. The van der Waals surface area contributed by atoms with Crippen LogP contribution in [0, 0.1) is 0 Å². The molecule has 1 N–H and O–H groups in total. The zero-order valence-electron chi connectivity index (χ0n) is 15.1. The molecule has 3 rings (SSSR count). The van der Waals surface area contributed by atoms with Crippen LogP contribution in [-0.4, -0.2) is 19.0 Å². The van der Waals surface area contributed by atoms with Gasteiger partial charge in [0.15, 0.2) is 0 Å². The van der Waals surface area contributed by atoms with E-state index in [1.165, 1.54) is 7.11 Å². The molecule has 28 heavy (non-hydrogen) atoms. The predicted molar refractivity (Wildman–Crippen MR) is 108 cm³/mol. The van der Waals surface area contributed by atoms with Crippen molar-refractivity contribution in [3.63, 3.8) is 0 Å². The van der Waals surface area contributed by atoms with Crippen molar-refractivity contribution in [2.45, 2.75) is 6.61 Å². The number of halogens is 1. The van der Waals surface area contributed by atoms with Gasteiger partial charge in [0.25, 0.3) is 5.91 Å². The topological polar surface area (TPSA) is 64.6 Å². The number of hydrogen-bond donors (Lipinski definition) is 1. The van der Waals surface area contributed by atoms with E-state index in [0.717, 1.165) is 5.56 Å². The molecule has 142 valence electrons. The highest BCUT2D eigenvalue weighted by Gasteiger charge is 2.09. The zero-order chi connectivity index (χ0) is 19.9. The molecule has 5 nitrogen and oxygen atoms in total. The van der Waals surface area contributed by atoms with Gasteiger partial charge in [-0.1, -0.05) is 35.9 Å². The summed E-state index contributed by atoms with van der Waals surface area (Å²) < 4.78 is 10.4. The van der Waals surface area contributed by atoms with E-state index in [1.807, 2.05) is 18.2 Å². The Hall–Kier alpha value is -3.31. The van der Waals surface area contributed by atoms with Crippen LogP contribution in [0.3, 0.4) is 0 Å². The molecule has 1 amide bonds. The van der Waals surface area contributed by atoms with Crippen LogP contribution < -0.4 is 10.1 Å². The van der Waals surface area contributed by atoms with E-state index in [1.54, 1.807) is 54.6 Å². The number of carbonyl (C=O) groups excluding carboxylic acids is 2. The Labute approximate surface area is 167 Å². The fraction of sp³-hybridized carbons (Fsp3) is 0.0909. The number of benzene rings is 3. The minimum Gasteiger partial charge on any atom is -0.489 e. The Balaban J connectivity index is 1.65. The molecule has 6 heteroatoms. The molecule has 0 fully saturated rings. The van der Waals surface area contributed by atoms with Crippen molar-refractivity contribution in [2.24, 2.45) is 0 Å². The first-order valence-electron chi connectivity index (χ1n) is 8.53. The Morgan fingerprint density at radius 2 is 1.68 bits per heavy atom. The molecule has 0 bridgehead atoms. The van der Waals surface area contributed by atoms with E-state index in [0.29, 0.717) is 34.2 Å². The lowest BCUT2D eigenvalue weighted by molar-refractivity contribution is 0.0600. The zero-order valence-corrected chi connectivity index (χ0v) is 15.9. The number of methoxy groups -OCH3 is 1. The van der Waals surface area contributed by atoms with Crippen LogP contribution in [-0.2, 0) is 11.3 Å². The number of amides is 1.